The molecule has 8 nitrogen and oxygen atoms in total. The van der Waals surface area contributed by atoms with Crippen LogP contribution in [-0.4, -0.2) is 51.9 Å². The van der Waals surface area contributed by atoms with Crippen molar-refractivity contribution in [3.8, 4) is 0 Å². The molecule has 0 saturated carbocycles. The number of hydrogen-bond donors (Lipinski definition) is 3. The Bertz CT molecular complexity index is 1220. The molecule has 10 heteroatoms. The zero-order valence-corrected chi connectivity index (χ0v) is 18.5. The SMILES string of the molecule is Cn1c(Nc2nc3ccc(Cl)cc3s2)nc2cc(C(=O)NCCOCCCO)ccc21. The van der Waals surface area contributed by atoms with Crippen LogP contribution in [0.15, 0.2) is 36.4 Å². The lowest BCUT2D eigenvalue weighted by Crippen LogP contribution is -2.27. The normalized spacial score (nSPS) is 11.3. The fraction of sp³-hybridized carbons (Fsp3) is 0.286. The maximum Gasteiger partial charge on any atom is 0.251 e. The summed E-state index contributed by atoms with van der Waals surface area (Å²) in [6.07, 6.45) is 0.589. The van der Waals surface area contributed by atoms with E-state index in [0.717, 1.165) is 20.9 Å². The van der Waals surface area contributed by atoms with Crippen molar-refractivity contribution in [2.75, 3.05) is 31.7 Å². The van der Waals surface area contributed by atoms with E-state index in [2.05, 4.69) is 20.6 Å². The second-order valence-electron chi connectivity index (χ2n) is 6.90. The largest absolute Gasteiger partial charge is 0.396 e. The summed E-state index contributed by atoms with van der Waals surface area (Å²) in [7, 11) is 1.91. The second-order valence-corrected chi connectivity index (χ2v) is 8.37. The number of carbonyl (C=O) groups excluding carboxylic acids is 1. The number of benzene rings is 2. The molecule has 4 aromatic rings. The molecule has 3 N–H and O–H groups in total. The number of ether oxygens (including phenoxy) is 1. The minimum atomic E-state index is -0.184. The van der Waals surface area contributed by atoms with Crippen molar-refractivity contribution in [3.05, 3.63) is 47.0 Å². The fourth-order valence-electron chi connectivity index (χ4n) is 3.11. The summed E-state index contributed by atoms with van der Waals surface area (Å²) in [5, 5.41) is 16.2. The lowest BCUT2D eigenvalue weighted by Gasteiger charge is -2.06. The van der Waals surface area contributed by atoms with E-state index >= 15 is 0 Å². The highest BCUT2D eigenvalue weighted by Crippen LogP contribution is 2.31. The number of nitrogens with one attached hydrogen (secondary N) is 2. The molecule has 0 aliphatic rings. The van der Waals surface area contributed by atoms with E-state index in [9.17, 15) is 4.79 Å². The molecule has 2 aromatic carbocycles. The molecular weight excluding hydrogens is 438 g/mol. The predicted molar refractivity (Wildman–Crippen MR) is 123 cm³/mol. The van der Waals surface area contributed by atoms with Crippen LogP contribution in [-0.2, 0) is 11.8 Å². The number of aliphatic hydroxyl groups is 1. The summed E-state index contributed by atoms with van der Waals surface area (Å²) in [6, 6.07) is 11.0. The summed E-state index contributed by atoms with van der Waals surface area (Å²) in [6.45, 7) is 1.38. The monoisotopic (exact) mass is 459 g/mol. The topological polar surface area (TPSA) is 101 Å². The van der Waals surface area contributed by atoms with Crippen LogP contribution in [0.25, 0.3) is 21.3 Å². The number of fused-ring (bicyclic) bond motifs is 2. The molecule has 0 radical (unpaired) electrons. The number of aryl methyl sites for hydroxylation is 1. The predicted octanol–water partition coefficient (Wildman–Crippen LogP) is 3.71. The summed E-state index contributed by atoms with van der Waals surface area (Å²) >= 11 is 7.56. The first-order chi connectivity index (χ1) is 15.0. The Labute approximate surface area is 187 Å². The Morgan fingerprint density at radius 2 is 2.06 bits per heavy atom. The van der Waals surface area contributed by atoms with Gasteiger partial charge in [-0.25, -0.2) is 9.97 Å². The first-order valence-corrected chi connectivity index (χ1v) is 11.0. The number of halogens is 1. The number of nitrogens with zero attached hydrogens (tertiary/aromatic N) is 3. The van der Waals surface area contributed by atoms with Crippen LogP contribution in [0.2, 0.25) is 5.02 Å². The third kappa shape index (κ3) is 4.96. The van der Waals surface area contributed by atoms with E-state index in [1.165, 1.54) is 11.3 Å². The van der Waals surface area contributed by atoms with Crippen molar-refractivity contribution in [3.63, 3.8) is 0 Å². The van der Waals surface area contributed by atoms with E-state index in [-0.39, 0.29) is 12.5 Å². The maximum atomic E-state index is 12.4. The van der Waals surface area contributed by atoms with E-state index in [4.69, 9.17) is 21.4 Å². The molecule has 31 heavy (non-hydrogen) atoms. The van der Waals surface area contributed by atoms with Gasteiger partial charge in [0, 0.05) is 37.4 Å². The highest BCUT2D eigenvalue weighted by Gasteiger charge is 2.13. The number of carbonyl (C=O) groups is 1. The molecule has 0 fully saturated rings. The Morgan fingerprint density at radius 3 is 2.90 bits per heavy atom. The van der Waals surface area contributed by atoms with Gasteiger partial charge in [-0.3, -0.25) is 4.79 Å². The number of amides is 1. The van der Waals surface area contributed by atoms with Crippen molar-refractivity contribution in [1.82, 2.24) is 19.9 Å². The first-order valence-electron chi connectivity index (χ1n) is 9.81. The highest BCUT2D eigenvalue weighted by atomic mass is 35.5. The zero-order chi connectivity index (χ0) is 21.8. The van der Waals surface area contributed by atoms with Gasteiger partial charge in [-0.05, 0) is 42.8 Å². The van der Waals surface area contributed by atoms with Gasteiger partial charge in [0.2, 0.25) is 5.95 Å². The van der Waals surface area contributed by atoms with E-state index in [1.54, 1.807) is 12.1 Å². The minimum absolute atomic E-state index is 0.0978. The zero-order valence-electron chi connectivity index (χ0n) is 16.9. The number of anilines is 2. The maximum absolute atomic E-state index is 12.4. The van der Waals surface area contributed by atoms with Crippen molar-refractivity contribution in [2.45, 2.75) is 6.42 Å². The average molecular weight is 460 g/mol. The lowest BCUT2D eigenvalue weighted by molar-refractivity contribution is 0.0898. The smallest absolute Gasteiger partial charge is 0.251 e. The fourth-order valence-corrected chi connectivity index (χ4v) is 4.24. The van der Waals surface area contributed by atoms with Gasteiger partial charge >= 0.3 is 0 Å². The molecule has 0 aliphatic carbocycles. The van der Waals surface area contributed by atoms with Crippen LogP contribution in [0.1, 0.15) is 16.8 Å². The molecule has 0 atom stereocenters. The van der Waals surface area contributed by atoms with Crippen LogP contribution < -0.4 is 10.6 Å². The van der Waals surface area contributed by atoms with Crippen LogP contribution in [0.5, 0.6) is 0 Å². The van der Waals surface area contributed by atoms with Crippen LogP contribution >= 0.6 is 22.9 Å². The summed E-state index contributed by atoms with van der Waals surface area (Å²) in [5.74, 6) is 0.450. The van der Waals surface area contributed by atoms with Gasteiger partial charge in [-0.1, -0.05) is 22.9 Å². The lowest BCUT2D eigenvalue weighted by atomic mass is 10.2. The van der Waals surface area contributed by atoms with Gasteiger partial charge in [-0.2, -0.15) is 0 Å². The van der Waals surface area contributed by atoms with Gasteiger partial charge in [0.15, 0.2) is 5.13 Å². The van der Waals surface area contributed by atoms with Crippen molar-refractivity contribution >= 4 is 61.2 Å². The van der Waals surface area contributed by atoms with Crippen molar-refractivity contribution in [1.29, 1.82) is 0 Å². The average Bonchev–Trinajstić information content (AvgIpc) is 3.30. The van der Waals surface area contributed by atoms with E-state index in [0.29, 0.717) is 48.2 Å². The number of aromatic nitrogens is 3. The number of hydrogen-bond acceptors (Lipinski definition) is 7. The number of rotatable bonds is 9. The summed E-state index contributed by atoms with van der Waals surface area (Å²) in [4.78, 5) is 21.6. The third-order valence-corrected chi connectivity index (χ3v) is 5.86. The quantitative estimate of drug-likeness (QED) is 0.330. The summed E-state index contributed by atoms with van der Waals surface area (Å²) in [5.41, 5.74) is 3.01. The van der Waals surface area contributed by atoms with E-state index < -0.39 is 0 Å². The molecule has 0 bridgehead atoms. The number of imidazole rings is 1. The second kappa shape index (κ2) is 9.61. The third-order valence-electron chi connectivity index (χ3n) is 4.69. The Morgan fingerprint density at radius 1 is 1.19 bits per heavy atom. The molecule has 0 aliphatic heterocycles. The number of aliphatic hydroxyl groups excluding tert-OH is 1. The Kier molecular flexibility index (Phi) is 6.67. The molecule has 0 saturated heterocycles. The molecule has 1 amide bonds. The van der Waals surface area contributed by atoms with Gasteiger partial charge in [0.05, 0.1) is 27.9 Å². The Balaban J connectivity index is 1.46. The molecule has 2 heterocycles. The molecule has 4 rings (SSSR count). The highest BCUT2D eigenvalue weighted by molar-refractivity contribution is 7.22. The molecule has 2 aromatic heterocycles. The Hall–Kier alpha value is -2.72. The van der Waals surface area contributed by atoms with Gasteiger partial charge < -0.3 is 25.0 Å². The first kappa shape index (κ1) is 21.5. The molecule has 0 spiro atoms. The van der Waals surface area contributed by atoms with Crippen LogP contribution in [0.3, 0.4) is 0 Å². The van der Waals surface area contributed by atoms with Gasteiger partial charge in [0.25, 0.3) is 5.91 Å². The van der Waals surface area contributed by atoms with Crippen LogP contribution in [0, 0.1) is 0 Å². The molecule has 162 valence electrons. The van der Waals surface area contributed by atoms with Crippen LogP contribution in [0.4, 0.5) is 11.1 Å². The molecular formula is C21H22ClN5O3S. The van der Waals surface area contributed by atoms with Gasteiger partial charge in [-0.15, -0.1) is 0 Å². The van der Waals surface area contributed by atoms with Crippen molar-refractivity contribution < 1.29 is 14.6 Å². The van der Waals surface area contributed by atoms with E-state index in [1.807, 2.05) is 35.9 Å². The summed E-state index contributed by atoms with van der Waals surface area (Å²) < 4.78 is 8.24. The number of thiazole rings is 1. The van der Waals surface area contributed by atoms with Gasteiger partial charge in [0.1, 0.15) is 0 Å². The molecule has 0 unspecified atom stereocenters. The standard InChI is InChI=1S/C21H22ClN5O3S/c1-27-17-6-3-13(19(29)23-7-10-30-9-2-8-28)11-16(17)24-20(27)26-21-25-15-5-4-14(22)12-18(15)31-21/h3-6,11-12,28H,2,7-10H2,1H3,(H,23,29)(H,24,25,26). The minimum Gasteiger partial charge on any atom is -0.396 e. The van der Waals surface area contributed by atoms with Crippen molar-refractivity contribution in [2.24, 2.45) is 7.05 Å².